The van der Waals surface area contributed by atoms with E-state index in [-0.39, 0.29) is 19.4 Å². The summed E-state index contributed by atoms with van der Waals surface area (Å²) in [6.07, 6.45) is 0.186. The van der Waals surface area contributed by atoms with Crippen LogP contribution in [0.4, 0.5) is 0 Å². The molecule has 1 amide bonds. The van der Waals surface area contributed by atoms with E-state index in [1.165, 1.54) is 7.11 Å². The largest absolute Gasteiger partial charge is 0.480 e. The number of nitrogens with zero attached hydrogens (tertiary/aromatic N) is 1. The summed E-state index contributed by atoms with van der Waals surface area (Å²) in [7, 11) is 1.34. The van der Waals surface area contributed by atoms with Crippen LogP contribution >= 0.6 is 0 Å². The summed E-state index contributed by atoms with van der Waals surface area (Å²) < 4.78 is 4.52. The standard InChI is InChI=1S/C8H12N2O4/c1-14-5-7(11)10-6(8(12)13)3-2-4-9/h6H,2-3,5H2,1H3,(H,10,11)(H,12,13)/t6-/m0/s1. The van der Waals surface area contributed by atoms with Crippen molar-refractivity contribution in [1.82, 2.24) is 5.32 Å². The van der Waals surface area contributed by atoms with Gasteiger partial charge in [-0.15, -0.1) is 0 Å². The molecular weight excluding hydrogens is 188 g/mol. The van der Waals surface area contributed by atoms with Gasteiger partial charge >= 0.3 is 5.97 Å². The van der Waals surface area contributed by atoms with Crippen LogP contribution in [0.15, 0.2) is 0 Å². The van der Waals surface area contributed by atoms with E-state index in [4.69, 9.17) is 10.4 Å². The van der Waals surface area contributed by atoms with Gasteiger partial charge in [0.2, 0.25) is 5.91 Å². The molecule has 0 aliphatic carbocycles. The van der Waals surface area contributed by atoms with Gasteiger partial charge in [0.1, 0.15) is 12.6 Å². The highest BCUT2D eigenvalue weighted by Gasteiger charge is 2.18. The lowest BCUT2D eigenvalue weighted by atomic mass is 10.1. The van der Waals surface area contributed by atoms with E-state index in [1.54, 1.807) is 0 Å². The number of methoxy groups -OCH3 is 1. The number of carbonyl (C=O) groups excluding carboxylic acids is 1. The number of carbonyl (C=O) groups is 2. The lowest BCUT2D eigenvalue weighted by Crippen LogP contribution is -2.42. The molecule has 0 radical (unpaired) electrons. The quantitative estimate of drug-likeness (QED) is 0.602. The molecule has 6 heteroatoms. The Hall–Kier alpha value is -1.61. The zero-order valence-corrected chi connectivity index (χ0v) is 7.82. The Balaban J connectivity index is 4.03. The average molecular weight is 200 g/mol. The van der Waals surface area contributed by atoms with Gasteiger partial charge in [0.25, 0.3) is 0 Å². The molecule has 0 heterocycles. The van der Waals surface area contributed by atoms with Gasteiger partial charge in [-0.05, 0) is 6.42 Å². The molecule has 0 unspecified atom stereocenters. The molecule has 0 aliphatic heterocycles. The summed E-state index contributed by atoms with van der Waals surface area (Å²) in [5.74, 6) is -1.65. The number of amides is 1. The summed E-state index contributed by atoms with van der Waals surface area (Å²) in [4.78, 5) is 21.5. The third kappa shape index (κ3) is 5.11. The number of nitrogens with one attached hydrogen (secondary N) is 1. The molecule has 0 spiro atoms. The van der Waals surface area contributed by atoms with Crippen LogP contribution in [0.1, 0.15) is 12.8 Å². The predicted octanol–water partition coefficient (Wildman–Crippen LogP) is -0.494. The van der Waals surface area contributed by atoms with Crippen molar-refractivity contribution in [2.24, 2.45) is 0 Å². The molecule has 0 aromatic rings. The van der Waals surface area contributed by atoms with E-state index < -0.39 is 17.9 Å². The minimum Gasteiger partial charge on any atom is -0.480 e. The maximum atomic E-state index is 10.9. The van der Waals surface area contributed by atoms with Crippen LogP contribution in [0, 0.1) is 11.3 Å². The number of hydrogen-bond acceptors (Lipinski definition) is 4. The second kappa shape index (κ2) is 6.86. The Labute approximate surface area is 81.5 Å². The van der Waals surface area contributed by atoms with Gasteiger partial charge in [-0.25, -0.2) is 4.79 Å². The number of carboxylic acid groups (broad SMARTS) is 1. The monoisotopic (exact) mass is 200 g/mol. The highest BCUT2D eigenvalue weighted by molar-refractivity contribution is 5.84. The molecule has 0 saturated carbocycles. The highest BCUT2D eigenvalue weighted by Crippen LogP contribution is 1.96. The maximum Gasteiger partial charge on any atom is 0.326 e. The number of hydrogen-bond donors (Lipinski definition) is 2. The Morgan fingerprint density at radius 2 is 2.29 bits per heavy atom. The third-order valence-corrected chi connectivity index (χ3v) is 1.45. The van der Waals surface area contributed by atoms with Crippen molar-refractivity contribution < 1.29 is 19.4 Å². The fraction of sp³-hybridized carbons (Fsp3) is 0.625. The van der Waals surface area contributed by atoms with E-state index in [1.807, 2.05) is 6.07 Å². The molecule has 0 fully saturated rings. The Kier molecular flexibility index (Phi) is 6.07. The van der Waals surface area contributed by atoms with E-state index in [0.29, 0.717) is 0 Å². The van der Waals surface area contributed by atoms with E-state index >= 15 is 0 Å². The molecule has 14 heavy (non-hydrogen) atoms. The number of nitriles is 1. The molecular formula is C8H12N2O4. The van der Waals surface area contributed by atoms with Gasteiger partial charge in [0.05, 0.1) is 6.07 Å². The van der Waals surface area contributed by atoms with Gasteiger partial charge in [-0.3, -0.25) is 4.79 Å². The minimum atomic E-state index is -1.15. The number of carboxylic acids is 1. The Morgan fingerprint density at radius 1 is 1.64 bits per heavy atom. The molecule has 2 N–H and O–H groups in total. The van der Waals surface area contributed by atoms with Gasteiger partial charge in [0.15, 0.2) is 0 Å². The van der Waals surface area contributed by atoms with E-state index in [0.717, 1.165) is 0 Å². The summed E-state index contributed by atoms with van der Waals surface area (Å²) in [5.41, 5.74) is 0. The van der Waals surface area contributed by atoms with Gasteiger partial charge in [-0.1, -0.05) is 0 Å². The SMILES string of the molecule is COCC(=O)N[C@@H](CCC#N)C(=O)O. The molecule has 1 atom stereocenters. The lowest BCUT2D eigenvalue weighted by Gasteiger charge is -2.12. The Bertz CT molecular complexity index is 246. The molecule has 0 rings (SSSR count). The first-order valence-corrected chi connectivity index (χ1v) is 4.00. The normalized spacial score (nSPS) is 11.4. The van der Waals surface area contributed by atoms with Crippen LogP contribution in [0.5, 0.6) is 0 Å². The third-order valence-electron chi connectivity index (χ3n) is 1.45. The molecule has 0 aliphatic rings. The van der Waals surface area contributed by atoms with Crippen LogP contribution in [-0.2, 0) is 14.3 Å². The van der Waals surface area contributed by atoms with Crippen molar-refractivity contribution in [3.05, 3.63) is 0 Å². The van der Waals surface area contributed by atoms with Crippen LogP contribution in [0.3, 0.4) is 0 Å². The minimum absolute atomic E-state index is 0.0875. The highest BCUT2D eigenvalue weighted by atomic mass is 16.5. The van der Waals surface area contributed by atoms with Gasteiger partial charge < -0.3 is 15.2 Å². The fourth-order valence-electron chi connectivity index (χ4n) is 0.833. The van der Waals surface area contributed by atoms with Crippen molar-refractivity contribution in [1.29, 1.82) is 5.26 Å². The molecule has 0 aromatic carbocycles. The van der Waals surface area contributed by atoms with E-state index in [9.17, 15) is 9.59 Å². The summed E-state index contributed by atoms with van der Waals surface area (Å²) in [6.45, 7) is -0.184. The summed E-state index contributed by atoms with van der Waals surface area (Å²) >= 11 is 0. The van der Waals surface area contributed by atoms with Crippen molar-refractivity contribution in [3.63, 3.8) is 0 Å². The van der Waals surface area contributed by atoms with E-state index in [2.05, 4.69) is 10.1 Å². The van der Waals surface area contributed by atoms with Crippen molar-refractivity contribution in [2.75, 3.05) is 13.7 Å². The topological polar surface area (TPSA) is 99.4 Å². The van der Waals surface area contributed by atoms with Crippen LogP contribution < -0.4 is 5.32 Å². The first-order chi connectivity index (χ1) is 6.61. The average Bonchev–Trinajstić information content (AvgIpc) is 2.12. The van der Waals surface area contributed by atoms with Gasteiger partial charge in [-0.2, -0.15) is 5.26 Å². The zero-order chi connectivity index (χ0) is 11.0. The smallest absolute Gasteiger partial charge is 0.326 e. The van der Waals surface area contributed by atoms with Gasteiger partial charge in [0, 0.05) is 13.5 Å². The van der Waals surface area contributed by atoms with Crippen LogP contribution in [0.2, 0.25) is 0 Å². The second-order valence-corrected chi connectivity index (χ2v) is 2.59. The van der Waals surface area contributed by atoms with Crippen molar-refractivity contribution in [2.45, 2.75) is 18.9 Å². The molecule has 6 nitrogen and oxygen atoms in total. The van der Waals surface area contributed by atoms with Crippen LogP contribution in [-0.4, -0.2) is 36.7 Å². The zero-order valence-electron chi connectivity index (χ0n) is 7.82. The van der Waals surface area contributed by atoms with Crippen LogP contribution in [0.25, 0.3) is 0 Å². The first kappa shape index (κ1) is 12.4. The summed E-state index contributed by atoms with van der Waals surface area (Å²) in [6, 6.07) is 0.796. The molecule has 0 bridgehead atoms. The van der Waals surface area contributed by atoms with Crippen molar-refractivity contribution >= 4 is 11.9 Å². The number of aliphatic carboxylic acids is 1. The first-order valence-electron chi connectivity index (χ1n) is 4.00. The fourth-order valence-corrected chi connectivity index (χ4v) is 0.833. The number of ether oxygens (including phenoxy) is 1. The lowest BCUT2D eigenvalue weighted by molar-refractivity contribution is -0.142. The molecule has 0 aromatic heterocycles. The maximum absolute atomic E-state index is 10.9. The Morgan fingerprint density at radius 3 is 2.71 bits per heavy atom. The predicted molar refractivity (Wildman–Crippen MR) is 46.3 cm³/mol. The van der Waals surface area contributed by atoms with Crippen molar-refractivity contribution in [3.8, 4) is 6.07 Å². The molecule has 0 saturated heterocycles. The summed E-state index contributed by atoms with van der Waals surface area (Å²) in [5, 5.41) is 19.1. The number of rotatable bonds is 6. The second-order valence-electron chi connectivity index (χ2n) is 2.59. The molecule has 78 valence electrons.